The van der Waals surface area contributed by atoms with Gasteiger partial charge in [0.1, 0.15) is 11.6 Å². The number of benzene rings is 2. The fourth-order valence-electron chi connectivity index (χ4n) is 4.10. The van der Waals surface area contributed by atoms with E-state index < -0.39 is 6.04 Å². The van der Waals surface area contributed by atoms with Crippen molar-refractivity contribution in [3.05, 3.63) is 88.8 Å². The van der Waals surface area contributed by atoms with Crippen LogP contribution in [-0.4, -0.2) is 32.0 Å². The molecule has 0 saturated heterocycles. The van der Waals surface area contributed by atoms with Crippen LogP contribution in [0.15, 0.2) is 87.7 Å². The molecule has 0 spiro atoms. The van der Waals surface area contributed by atoms with Crippen LogP contribution in [0, 0.1) is 0 Å². The summed E-state index contributed by atoms with van der Waals surface area (Å²) in [5.74, 6) is -0.0535. The van der Waals surface area contributed by atoms with Crippen LogP contribution in [0.2, 0.25) is 5.02 Å². The van der Waals surface area contributed by atoms with Crippen molar-refractivity contribution in [2.24, 2.45) is 4.99 Å². The van der Waals surface area contributed by atoms with Crippen LogP contribution < -0.4 is 21.7 Å². The smallest absolute Gasteiger partial charge is 0.302 e. The average Bonchev–Trinajstić information content (AvgIpc) is 3.55. The highest BCUT2D eigenvalue weighted by atomic mass is 35.5. The first-order chi connectivity index (χ1) is 18.9. The van der Waals surface area contributed by atoms with Gasteiger partial charge in [-0.3, -0.25) is 20.4 Å². The molecule has 0 fully saturated rings. The van der Waals surface area contributed by atoms with Gasteiger partial charge in [0.05, 0.1) is 5.57 Å². The van der Waals surface area contributed by atoms with Crippen molar-refractivity contribution in [1.82, 2.24) is 25.5 Å². The maximum Gasteiger partial charge on any atom is 0.302 e. The zero-order chi connectivity index (χ0) is 26.9. The lowest BCUT2D eigenvalue weighted by molar-refractivity contribution is -0.113. The molecule has 39 heavy (non-hydrogen) atoms. The van der Waals surface area contributed by atoms with Crippen LogP contribution in [0.5, 0.6) is 0 Å². The average molecular weight is 558 g/mol. The quantitative estimate of drug-likeness (QED) is 0.218. The second-order valence-corrected chi connectivity index (χ2v) is 9.93. The van der Waals surface area contributed by atoms with E-state index in [1.807, 2.05) is 30.3 Å². The highest BCUT2D eigenvalue weighted by molar-refractivity contribution is 7.18. The molecule has 1 amide bonds. The summed E-state index contributed by atoms with van der Waals surface area (Å²) in [6.07, 6.45) is 3.36. The van der Waals surface area contributed by atoms with Gasteiger partial charge in [-0.05, 0) is 43.3 Å². The molecule has 5 aromatic rings. The number of allylic oxidation sites excluding steroid dienone is 1. The fraction of sp³-hybridized carbons (Fsp3) is 0.0769. The molecule has 4 heterocycles. The van der Waals surface area contributed by atoms with E-state index in [2.05, 4.69) is 36.1 Å². The van der Waals surface area contributed by atoms with Gasteiger partial charge in [0.15, 0.2) is 10.6 Å². The first kappa shape index (κ1) is 24.5. The molecule has 1 unspecified atom stereocenters. The molecular weight excluding hydrogens is 538 g/mol. The normalized spacial score (nSPS) is 15.1. The van der Waals surface area contributed by atoms with Crippen molar-refractivity contribution in [2.45, 2.75) is 13.0 Å². The van der Waals surface area contributed by atoms with Crippen molar-refractivity contribution in [3.8, 4) is 10.6 Å². The van der Waals surface area contributed by atoms with E-state index in [9.17, 15) is 4.79 Å². The van der Waals surface area contributed by atoms with Gasteiger partial charge in [0, 0.05) is 39.9 Å². The van der Waals surface area contributed by atoms with Crippen molar-refractivity contribution >= 4 is 62.7 Å². The van der Waals surface area contributed by atoms with E-state index in [4.69, 9.17) is 26.7 Å². The monoisotopic (exact) mass is 557 g/mol. The van der Waals surface area contributed by atoms with E-state index in [1.54, 1.807) is 43.6 Å². The number of nitrogens with one attached hydrogen (secondary N) is 3. The van der Waals surface area contributed by atoms with Gasteiger partial charge in [-0.2, -0.15) is 4.98 Å². The van der Waals surface area contributed by atoms with Crippen molar-refractivity contribution in [2.75, 3.05) is 16.4 Å². The Hall–Kier alpha value is -4.81. The van der Waals surface area contributed by atoms with E-state index in [-0.39, 0.29) is 11.9 Å². The summed E-state index contributed by atoms with van der Waals surface area (Å²) in [5.41, 5.74) is 10.0. The van der Waals surface area contributed by atoms with E-state index in [1.165, 1.54) is 11.3 Å². The van der Waals surface area contributed by atoms with Crippen molar-refractivity contribution < 1.29 is 9.21 Å². The molecular formula is C26H20ClN9O2S. The second kappa shape index (κ2) is 10.2. The zero-order valence-corrected chi connectivity index (χ0v) is 21.9. The van der Waals surface area contributed by atoms with Gasteiger partial charge in [0.2, 0.25) is 11.1 Å². The van der Waals surface area contributed by atoms with Gasteiger partial charge < -0.3 is 15.5 Å². The summed E-state index contributed by atoms with van der Waals surface area (Å²) in [7, 11) is 0. The summed E-state index contributed by atoms with van der Waals surface area (Å²) in [6.45, 7) is 1.78. The summed E-state index contributed by atoms with van der Waals surface area (Å²) >= 11 is 7.79. The lowest BCUT2D eigenvalue weighted by Gasteiger charge is -2.26. The lowest BCUT2D eigenvalue weighted by atomic mass is 9.95. The molecule has 0 aliphatic carbocycles. The summed E-state index contributed by atoms with van der Waals surface area (Å²) in [6, 6.07) is 15.6. The Bertz CT molecular complexity index is 1760. The summed E-state index contributed by atoms with van der Waals surface area (Å²) in [5, 5.41) is 18.8. The number of halogens is 1. The summed E-state index contributed by atoms with van der Waals surface area (Å²) < 4.78 is 5.78. The van der Waals surface area contributed by atoms with Crippen LogP contribution in [0.25, 0.3) is 21.7 Å². The van der Waals surface area contributed by atoms with Crippen LogP contribution in [0.3, 0.4) is 0 Å². The number of fused-ring (bicyclic) bond motifs is 1. The number of nitrogens with zero attached hydrogens (tertiary/aromatic N) is 5. The van der Waals surface area contributed by atoms with Crippen LogP contribution in [0.4, 0.5) is 16.8 Å². The molecule has 6 rings (SSSR count). The number of amides is 1. The summed E-state index contributed by atoms with van der Waals surface area (Å²) in [4.78, 5) is 26.9. The van der Waals surface area contributed by atoms with E-state index >= 15 is 0 Å². The number of carbonyl (C=O) groups is 1. The molecule has 0 bridgehead atoms. The molecule has 1 aliphatic rings. The largest absolute Gasteiger partial charge is 0.423 e. The highest BCUT2D eigenvalue weighted by Gasteiger charge is 2.31. The Balaban J connectivity index is 1.30. The van der Waals surface area contributed by atoms with Gasteiger partial charge >= 0.3 is 6.01 Å². The number of pyridine rings is 1. The predicted molar refractivity (Wildman–Crippen MR) is 151 cm³/mol. The third-order valence-electron chi connectivity index (χ3n) is 5.88. The third-order valence-corrected chi connectivity index (χ3v) is 7.11. The van der Waals surface area contributed by atoms with Crippen molar-refractivity contribution in [1.29, 1.82) is 0 Å². The molecule has 1 aliphatic heterocycles. The Morgan fingerprint density at radius 2 is 2.03 bits per heavy atom. The number of aromatic nitrogens is 4. The number of carbonyl (C=O) groups excluding carboxylic acids is 1. The Labute approximate surface area is 230 Å². The molecule has 194 valence electrons. The minimum Gasteiger partial charge on any atom is -0.423 e. The molecule has 11 nitrogen and oxygen atoms in total. The molecule has 2 aromatic carbocycles. The van der Waals surface area contributed by atoms with Gasteiger partial charge in [-0.1, -0.05) is 41.1 Å². The fourth-order valence-corrected chi connectivity index (χ4v) is 5.07. The van der Waals surface area contributed by atoms with E-state index in [0.717, 1.165) is 5.56 Å². The molecule has 13 heteroatoms. The molecule has 0 saturated carbocycles. The lowest BCUT2D eigenvalue weighted by Crippen LogP contribution is -2.37. The number of nitrogens with two attached hydrogens (primary N) is 1. The molecule has 5 N–H and O–H groups in total. The topological polar surface area (TPSA) is 156 Å². The van der Waals surface area contributed by atoms with Crippen LogP contribution in [0.1, 0.15) is 18.5 Å². The number of hydrogen-bond donors (Lipinski definition) is 4. The Morgan fingerprint density at radius 3 is 2.85 bits per heavy atom. The van der Waals surface area contributed by atoms with Gasteiger partial charge in [0.25, 0.3) is 5.91 Å². The number of guanidine groups is 1. The second-order valence-electron chi connectivity index (χ2n) is 8.54. The van der Waals surface area contributed by atoms with Gasteiger partial charge in [-0.25, -0.2) is 4.99 Å². The Morgan fingerprint density at radius 1 is 1.15 bits per heavy atom. The maximum absolute atomic E-state index is 13.6. The number of hydrogen-bond acceptors (Lipinski definition) is 11. The standard InChI is InChI=1S/C26H20ClN9O2S/c1-13-20(22(37)33-26-36-35-23(39-26)14-5-4-10-29-12-14)21(16-6-2-3-7-17(16)27)32-24(30-13)34-25-31-18-11-15(28)8-9-19(18)38-25/h2-12,21H,28H2,1H3,(H,33,36,37)(H2,30,31,32,34). The number of anilines is 3. The zero-order valence-electron chi connectivity index (χ0n) is 20.3. The first-order valence-corrected chi connectivity index (χ1v) is 12.9. The molecule has 0 radical (unpaired) electrons. The number of oxazole rings is 1. The predicted octanol–water partition coefficient (Wildman–Crippen LogP) is 5.00. The van der Waals surface area contributed by atoms with Crippen LogP contribution in [-0.2, 0) is 4.79 Å². The van der Waals surface area contributed by atoms with E-state index in [0.29, 0.717) is 54.7 Å². The number of rotatable bonds is 5. The third kappa shape index (κ3) is 5.02. The first-order valence-electron chi connectivity index (χ1n) is 11.7. The highest BCUT2D eigenvalue weighted by Crippen LogP contribution is 2.36. The molecule has 1 atom stereocenters. The SMILES string of the molecule is CC1=C(C(=O)Nc2nnc(-c3cccnc3)s2)C(c2ccccc2Cl)N=C(Nc2nc3cc(N)ccc3o2)N1. The maximum atomic E-state index is 13.6. The minimum atomic E-state index is -0.729. The Kier molecular flexibility index (Phi) is 6.39. The van der Waals surface area contributed by atoms with Crippen molar-refractivity contribution in [3.63, 3.8) is 0 Å². The molecule has 3 aromatic heterocycles. The number of nitrogen functional groups attached to an aromatic ring is 1. The number of aliphatic imine (C=N–C) groups is 1. The van der Waals surface area contributed by atoms with Gasteiger partial charge in [-0.15, -0.1) is 10.2 Å². The van der Waals surface area contributed by atoms with Crippen LogP contribution >= 0.6 is 22.9 Å². The minimum absolute atomic E-state index is 0.220.